The number of ether oxygens (including phenoxy) is 2. The highest BCUT2D eigenvalue weighted by atomic mass is 16.5. The van der Waals surface area contributed by atoms with Crippen LogP contribution in [0.5, 0.6) is 11.5 Å². The number of rotatable bonds is 9. The number of aryl methyl sites for hydroxylation is 2. The zero-order valence-electron chi connectivity index (χ0n) is 16.0. The van der Waals surface area contributed by atoms with E-state index in [-0.39, 0.29) is 5.91 Å². The van der Waals surface area contributed by atoms with Crippen LogP contribution >= 0.6 is 0 Å². The van der Waals surface area contributed by atoms with Gasteiger partial charge in [0, 0.05) is 24.7 Å². The van der Waals surface area contributed by atoms with Gasteiger partial charge in [-0.25, -0.2) is 0 Å². The Morgan fingerprint density at radius 1 is 1.00 bits per heavy atom. The maximum atomic E-state index is 12.4. The summed E-state index contributed by atoms with van der Waals surface area (Å²) < 4.78 is 10.6. The molecular formula is C21H28N2O3. The lowest BCUT2D eigenvalue weighted by Crippen LogP contribution is -2.18. The Morgan fingerprint density at radius 2 is 1.69 bits per heavy atom. The molecule has 2 rings (SSSR count). The number of benzene rings is 2. The van der Waals surface area contributed by atoms with Gasteiger partial charge in [-0.1, -0.05) is 32.0 Å². The largest absolute Gasteiger partial charge is 0.497 e. The van der Waals surface area contributed by atoms with Gasteiger partial charge in [0.2, 0.25) is 5.91 Å². The average Bonchev–Trinajstić information content (AvgIpc) is 2.68. The number of para-hydroxylation sites is 1. The smallest absolute Gasteiger partial charge is 0.226 e. The second kappa shape index (κ2) is 9.70. The zero-order chi connectivity index (χ0) is 18.9. The highest BCUT2D eigenvalue weighted by molar-refractivity contribution is 5.92. The van der Waals surface area contributed by atoms with Crippen LogP contribution in [0.15, 0.2) is 36.4 Å². The number of methoxy groups -OCH3 is 2. The molecule has 2 aromatic rings. The van der Waals surface area contributed by atoms with Gasteiger partial charge in [-0.2, -0.15) is 0 Å². The molecule has 0 fully saturated rings. The minimum atomic E-state index is 0.000536. The quantitative estimate of drug-likeness (QED) is 0.704. The molecule has 0 aliphatic heterocycles. The Balaban J connectivity index is 1.96. The van der Waals surface area contributed by atoms with E-state index in [0.717, 1.165) is 30.0 Å². The van der Waals surface area contributed by atoms with Crippen LogP contribution in [-0.2, 0) is 17.6 Å². The molecule has 0 aromatic heterocycles. The molecule has 26 heavy (non-hydrogen) atoms. The first-order valence-corrected chi connectivity index (χ1v) is 8.99. The molecule has 0 radical (unpaired) electrons. The number of nitrogens with one attached hydrogen (secondary N) is 2. The monoisotopic (exact) mass is 356 g/mol. The van der Waals surface area contributed by atoms with Crippen molar-refractivity contribution in [3.8, 4) is 11.5 Å². The fraction of sp³-hybridized carbons (Fsp3) is 0.381. The second-order valence-corrected chi connectivity index (χ2v) is 5.95. The molecule has 1 amide bonds. The van der Waals surface area contributed by atoms with E-state index in [0.29, 0.717) is 18.7 Å². The minimum Gasteiger partial charge on any atom is -0.497 e. The lowest BCUT2D eigenvalue weighted by Gasteiger charge is -2.15. The SMILES string of the molecule is CCc1cccc(CC)c1NC(=O)CCNc1ccc(OC)cc1OC. The minimum absolute atomic E-state index is 0.000536. The Hall–Kier alpha value is -2.69. The third-order valence-corrected chi connectivity index (χ3v) is 4.34. The molecule has 0 aliphatic carbocycles. The van der Waals surface area contributed by atoms with Crippen molar-refractivity contribution in [1.82, 2.24) is 0 Å². The molecule has 0 heterocycles. The molecule has 0 aliphatic rings. The first-order valence-electron chi connectivity index (χ1n) is 8.99. The van der Waals surface area contributed by atoms with Crippen molar-refractivity contribution in [3.63, 3.8) is 0 Å². The molecule has 140 valence electrons. The lowest BCUT2D eigenvalue weighted by molar-refractivity contribution is -0.116. The van der Waals surface area contributed by atoms with Crippen molar-refractivity contribution in [1.29, 1.82) is 0 Å². The van der Waals surface area contributed by atoms with Crippen molar-refractivity contribution in [2.24, 2.45) is 0 Å². The summed E-state index contributed by atoms with van der Waals surface area (Å²) in [6.45, 7) is 4.72. The van der Waals surface area contributed by atoms with Crippen molar-refractivity contribution in [2.75, 3.05) is 31.4 Å². The van der Waals surface area contributed by atoms with Gasteiger partial charge in [-0.3, -0.25) is 4.79 Å². The van der Waals surface area contributed by atoms with Gasteiger partial charge in [0.15, 0.2) is 0 Å². The van der Waals surface area contributed by atoms with Crippen molar-refractivity contribution in [3.05, 3.63) is 47.5 Å². The van der Waals surface area contributed by atoms with Gasteiger partial charge in [0.1, 0.15) is 11.5 Å². The van der Waals surface area contributed by atoms with Gasteiger partial charge in [0.25, 0.3) is 0 Å². The summed E-state index contributed by atoms with van der Waals surface area (Å²) in [5.41, 5.74) is 4.14. The Labute approximate surface area is 155 Å². The summed E-state index contributed by atoms with van der Waals surface area (Å²) in [5.74, 6) is 1.42. The number of amides is 1. The first kappa shape index (κ1) is 19.6. The van der Waals surface area contributed by atoms with Crippen LogP contribution in [0.25, 0.3) is 0 Å². The van der Waals surface area contributed by atoms with Crippen molar-refractivity contribution < 1.29 is 14.3 Å². The summed E-state index contributed by atoms with van der Waals surface area (Å²) in [7, 11) is 3.23. The van der Waals surface area contributed by atoms with Gasteiger partial charge in [-0.05, 0) is 36.1 Å². The molecule has 0 bridgehead atoms. The van der Waals surface area contributed by atoms with Crippen molar-refractivity contribution in [2.45, 2.75) is 33.1 Å². The summed E-state index contributed by atoms with van der Waals surface area (Å²) in [5, 5.41) is 6.33. The average molecular weight is 356 g/mol. The van der Waals surface area contributed by atoms with Crippen LogP contribution < -0.4 is 20.1 Å². The molecular weight excluding hydrogens is 328 g/mol. The van der Waals surface area contributed by atoms with E-state index in [1.54, 1.807) is 14.2 Å². The van der Waals surface area contributed by atoms with Crippen LogP contribution in [0.3, 0.4) is 0 Å². The van der Waals surface area contributed by atoms with E-state index in [9.17, 15) is 4.79 Å². The Kier molecular flexibility index (Phi) is 7.33. The van der Waals surface area contributed by atoms with Gasteiger partial charge in [-0.15, -0.1) is 0 Å². The summed E-state index contributed by atoms with van der Waals surface area (Å²) >= 11 is 0. The van der Waals surface area contributed by atoms with Crippen LogP contribution in [0.2, 0.25) is 0 Å². The maximum absolute atomic E-state index is 12.4. The molecule has 2 aromatic carbocycles. The normalized spacial score (nSPS) is 10.3. The fourth-order valence-electron chi connectivity index (χ4n) is 2.86. The number of hydrogen-bond acceptors (Lipinski definition) is 4. The number of anilines is 2. The fourth-order valence-corrected chi connectivity index (χ4v) is 2.86. The van der Waals surface area contributed by atoms with Gasteiger partial charge < -0.3 is 20.1 Å². The number of carbonyl (C=O) groups is 1. The predicted octanol–water partition coefficient (Wildman–Crippen LogP) is 4.27. The molecule has 2 N–H and O–H groups in total. The second-order valence-electron chi connectivity index (χ2n) is 5.95. The van der Waals surface area contributed by atoms with Gasteiger partial charge in [0.05, 0.1) is 19.9 Å². The van der Waals surface area contributed by atoms with E-state index < -0.39 is 0 Å². The molecule has 5 nitrogen and oxygen atoms in total. The Bertz CT molecular complexity index is 722. The van der Waals surface area contributed by atoms with E-state index in [1.165, 1.54) is 11.1 Å². The van der Waals surface area contributed by atoms with Gasteiger partial charge >= 0.3 is 0 Å². The van der Waals surface area contributed by atoms with E-state index in [1.807, 2.05) is 24.3 Å². The topological polar surface area (TPSA) is 59.6 Å². The maximum Gasteiger partial charge on any atom is 0.226 e. The molecule has 0 saturated heterocycles. The molecule has 5 heteroatoms. The van der Waals surface area contributed by atoms with Crippen LogP contribution in [0, 0.1) is 0 Å². The molecule has 0 unspecified atom stereocenters. The van der Waals surface area contributed by atoms with E-state index in [4.69, 9.17) is 9.47 Å². The molecule has 0 atom stereocenters. The van der Waals surface area contributed by atoms with E-state index >= 15 is 0 Å². The third-order valence-electron chi connectivity index (χ3n) is 4.34. The van der Waals surface area contributed by atoms with Crippen LogP contribution in [0.4, 0.5) is 11.4 Å². The summed E-state index contributed by atoms with van der Waals surface area (Å²) in [4.78, 5) is 12.4. The van der Waals surface area contributed by atoms with E-state index in [2.05, 4.69) is 36.6 Å². The Morgan fingerprint density at radius 3 is 2.27 bits per heavy atom. The summed E-state index contributed by atoms with van der Waals surface area (Å²) in [6.07, 6.45) is 2.16. The van der Waals surface area contributed by atoms with Crippen molar-refractivity contribution >= 4 is 17.3 Å². The third kappa shape index (κ3) is 4.91. The lowest BCUT2D eigenvalue weighted by atomic mass is 10.0. The molecule has 0 saturated carbocycles. The summed E-state index contributed by atoms with van der Waals surface area (Å²) in [6, 6.07) is 11.7. The zero-order valence-corrected chi connectivity index (χ0v) is 16.0. The first-order chi connectivity index (χ1) is 12.6. The van der Waals surface area contributed by atoms with Crippen LogP contribution in [0.1, 0.15) is 31.4 Å². The molecule has 0 spiro atoms. The standard InChI is InChI=1S/C21H28N2O3/c1-5-15-8-7-9-16(6-2)21(15)23-20(24)12-13-22-18-11-10-17(25-3)14-19(18)26-4/h7-11,14,22H,5-6,12-13H2,1-4H3,(H,23,24). The predicted molar refractivity (Wildman–Crippen MR) is 106 cm³/mol. The van der Waals surface area contributed by atoms with Crippen LogP contribution in [-0.4, -0.2) is 26.7 Å². The highest BCUT2D eigenvalue weighted by Crippen LogP contribution is 2.29. The highest BCUT2D eigenvalue weighted by Gasteiger charge is 2.10. The number of hydrogen-bond donors (Lipinski definition) is 2. The number of carbonyl (C=O) groups excluding carboxylic acids is 1.